The van der Waals surface area contributed by atoms with Gasteiger partial charge in [0.2, 0.25) is 0 Å². The third kappa shape index (κ3) is 6.48. The van der Waals surface area contributed by atoms with Gasteiger partial charge in [-0.05, 0) is 0 Å². The molecular formula is C38H61NP2. The summed E-state index contributed by atoms with van der Waals surface area (Å²) in [6.07, 6.45) is 0. The first-order valence-corrected chi connectivity index (χ1v) is 21.5. The molecule has 0 N–H and O–H groups in total. The Morgan fingerprint density at radius 1 is 0.463 bits per heavy atom. The zero-order valence-corrected chi connectivity index (χ0v) is 30.8. The van der Waals surface area contributed by atoms with Gasteiger partial charge in [-0.1, -0.05) is 0 Å². The third-order valence-corrected chi connectivity index (χ3v) is 23.5. The van der Waals surface area contributed by atoms with Gasteiger partial charge >= 0.3 is 256 Å². The number of rotatable bonds is 11. The Kier molecular flexibility index (Phi) is 11.0. The molecule has 0 radical (unpaired) electrons. The molecule has 0 spiro atoms. The van der Waals surface area contributed by atoms with E-state index in [9.17, 15) is 0 Å². The number of hydrogen-bond donors (Lipinski definition) is 0. The second kappa shape index (κ2) is 13.3. The molecular weight excluding hydrogens is 532 g/mol. The molecule has 0 bridgehead atoms. The van der Waals surface area contributed by atoms with Crippen molar-refractivity contribution < 1.29 is 0 Å². The predicted molar refractivity (Wildman–Crippen MR) is 198 cm³/mol. The van der Waals surface area contributed by atoms with Crippen LogP contribution in [-0.4, -0.2) is 36.0 Å². The molecule has 0 atom stereocenters. The standard InChI is InChI=1S/C38H61NP2/c1-26(2)32-20-22-35(37(24-32)40(13,28(5)6)29(7)8)39(34-18-16-15-17-19-34)36-23-21-33(27(3)4)25-38(36)41(14,30(9)10)31(11)12/h15-31,40-41H,1-14H3. The fraction of sp³-hybridized carbons (Fsp3) is 0.526. The molecule has 41 heavy (non-hydrogen) atoms. The van der Waals surface area contributed by atoms with Gasteiger partial charge in [-0.3, -0.25) is 0 Å². The molecule has 0 unspecified atom stereocenters. The fourth-order valence-electron chi connectivity index (χ4n) is 6.64. The minimum atomic E-state index is -1.90. The van der Waals surface area contributed by atoms with E-state index < -0.39 is 14.5 Å². The quantitative estimate of drug-likeness (QED) is 0.200. The SMILES string of the molecule is CC(C)c1ccc(N(c2ccccc2)c2ccc(C(C)C)cc2[PH](C)(C(C)C)C(C)C)c([PH](C)(C(C)C)C(C)C)c1. The Hall–Kier alpha value is -1.68. The molecule has 1 nitrogen and oxygen atoms in total. The van der Waals surface area contributed by atoms with Gasteiger partial charge in [0, 0.05) is 0 Å². The summed E-state index contributed by atoms with van der Waals surface area (Å²) in [6.45, 7) is 34.4. The zero-order chi connectivity index (χ0) is 30.9. The number of nitrogens with zero attached hydrogens (tertiary/aromatic N) is 1. The van der Waals surface area contributed by atoms with Crippen molar-refractivity contribution in [1.82, 2.24) is 0 Å². The van der Waals surface area contributed by atoms with Gasteiger partial charge in [0.1, 0.15) is 0 Å². The zero-order valence-electron chi connectivity index (χ0n) is 28.8. The van der Waals surface area contributed by atoms with Gasteiger partial charge in [0.15, 0.2) is 0 Å². The van der Waals surface area contributed by atoms with E-state index in [-0.39, 0.29) is 0 Å². The second-order valence-electron chi connectivity index (χ2n) is 14.7. The fourth-order valence-corrected chi connectivity index (χ4v) is 14.2. The van der Waals surface area contributed by atoms with Crippen LogP contribution < -0.4 is 15.5 Å². The summed E-state index contributed by atoms with van der Waals surface area (Å²) in [6, 6.07) is 26.1. The molecule has 3 aromatic carbocycles. The van der Waals surface area contributed by atoms with Crippen molar-refractivity contribution in [3.8, 4) is 0 Å². The number of para-hydroxylation sites is 1. The molecule has 228 valence electrons. The minimum absolute atomic E-state index is 0.504. The van der Waals surface area contributed by atoms with E-state index >= 15 is 0 Å². The normalized spacial score (nSPS) is 13.8. The van der Waals surface area contributed by atoms with Crippen molar-refractivity contribution in [2.75, 3.05) is 18.2 Å². The summed E-state index contributed by atoms with van der Waals surface area (Å²) in [7, 11) is -3.79. The van der Waals surface area contributed by atoms with E-state index in [1.165, 1.54) is 28.2 Å². The van der Waals surface area contributed by atoms with Gasteiger partial charge in [-0.25, -0.2) is 0 Å². The van der Waals surface area contributed by atoms with Crippen LogP contribution in [-0.2, 0) is 0 Å². The van der Waals surface area contributed by atoms with Crippen LogP contribution >= 0.6 is 14.5 Å². The van der Waals surface area contributed by atoms with Crippen molar-refractivity contribution in [2.24, 2.45) is 0 Å². The molecule has 3 heteroatoms. The van der Waals surface area contributed by atoms with Gasteiger partial charge in [-0.15, -0.1) is 0 Å². The van der Waals surface area contributed by atoms with Crippen LogP contribution in [0.1, 0.15) is 106 Å². The summed E-state index contributed by atoms with van der Waals surface area (Å²) < 4.78 is 0. The Balaban J connectivity index is 2.55. The van der Waals surface area contributed by atoms with E-state index in [0.717, 1.165) is 0 Å². The maximum absolute atomic E-state index is 2.66. The van der Waals surface area contributed by atoms with Gasteiger partial charge in [0.05, 0.1) is 0 Å². The van der Waals surface area contributed by atoms with Gasteiger partial charge in [0.25, 0.3) is 0 Å². The Labute approximate surface area is 255 Å². The van der Waals surface area contributed by atoms with Crippen LogP contribution in [0, 0.1) is 0 Å². The molecule has 0 saturated carbocycles. The topological polar surface area (TPSA) is 3.24 Å². The Morgan fingerprint density at radius 3 is 1.10 bits per heavy atom. The monoisotopic (exact) mass is 593 g/mol. The van der Waals surface area contributed by atoms with Crippen molar-refractivity contribution in [3.63, 3.8) is 0 Å². The average molecular weight is 594 g/mol. The van der Waals surface area contributed by atoms with Crippen molar-refractivity contribution in [1.29, 1.82) is 0 Å². The first-order chi connectivity index (χ1) is 19.1. The first kappa shape index (κ1) is 33.8. The molecule has 3 rings (SSSR count). The summed E-state index contributed by atoms with van der Waals surface area (Å²) in [5.41, 5.74) is 9.48. The van der Waals surface area contributed by atoms with Crippen LogP contribution in [0.2, 0.25) is 0 Å². The molecule has 0 aromatic heterocycles. The number of hydrogen-bond acceptors (Lipinski definition) is 1. The Bertz CT molecular complexity index is 1190. The predicted octanol–water partition coefficient (Wildman–Crippen LogP) is 11.0. The molecule has 0 saturated heterocycles. The van der Waals surface area contributed by atoms with Crippen LogP contribution in [0.4, 0.5) is 17.1 Å². The first-order valence-electron chi connectivity index (χ1n) is 16.2. The van der Waals surface area contributed by atoms with E-state index in [1.54, 1.807) is 10.6 Å². The van der Waals surface area contributed by atoms with E-state index in [4.69, 9.17) is 0 Å². The van der Waals surface area contributed by atoms with Crippen molar-refractivity contribution >= 4 is 42.2 Å². The van der Waals surface area contributed by atoms with E-state index in [0.29, 0.717) is 34.5 Å². The summed E-state index contributed by atoms with van der Waals surface area (Å²) in [4.78, 5) is 2.66. The molecule has 0 aliphatic carbocycles. The Morgan fingerprint density at radius 2 is 0.805 bits per heavy atom. The van der Waals surface area contributed by atoms with E-state index in [1.807, 2.05) is 0 Å². The van der Waals surface area contributed by atoms with Gasteiger partial charge < -0.3 is 0 Å². The molecule has 0 amide bonds. The molecule has 0 fully saturated rings. The number of anilines is 3. The number of benzene rings is 3. The van der Waals surface area contributed by atoms with Crippen LogP contribution in [0.25, 0.3) is 0 Å². The summed E-state index contributed by atoms with van der Waals surface area (Å²) in [5, 5.41) is 3.21. The summed E-state index contributed by atoms with van der Waals surface area (Å²) >= 11 is 0. The van der Waals surface area contributed by atoms with Crippen molar-refractivity contribution in [3.05, 3.63) is 77.9 Å². The average Bonchev–Trinajstić information content (AvgIpc) is 2.92. The molecule has 0 aliphatic heterocycles. The molecule has 0 heterocycles. The maximum atomic E-state index is 2.66. The second-order valence-corrected chi connectivity index (χ2v) is 25.5. The molecule has 3 aromatic rings. The third-order valence-electron chi connectivity index (χ3n) is 10.8. The van der Waals surface area contributed by atoms with Crippen LogP contribution in [0.5, 0.6) is 0 Å². The van der Waals surface area contributed by atoms with Crippen molar-refractivity contribution in [2.45, 2.75) is 118 Å². The summed E-state index contributed by atoms with van der Waals surface area (Å²) in [5.74, 6) is 1.01. The molecule has 0 aliphatic rings. The van der Waals surface area contributed by atoms with Crippen LogP contribution in [0.15, 0.2) is 66.7 Å². The van der Waals surface area contributed by atoms with Gasteiger partial charge in [-0.2, -0.15) is 0 Å². The van der Waals surface area contributed by atoms with E-state index in [2.05, 4.69) is 168 Å². The van der Waals surface area contributed by atoms with Crippen LogP contribution in [0.3, 0.4) is 0 Å².